The summed E-state index contributed by atoms with van der Waals surface area (Å²) in [5, 5.41) is 13.4. The second-order valence-electron chi connectivity index (χ2n) is 10.9. The molecule has 9 rings (SSSR count). The van der Waals surface area contributed by atoms with Crippen LogP contribution in [0.3, 0.4) is 0 Å². The molecule has 8 aromatic carbocycles. The summed E-state index contributed by atoms with van der Waals surface area (Å²) in [5.74, 6) is 0. The lowest BCUT2D eigenvalue weighted by Crippen LogP contribution is -1.90. The summed E-state index contributed by atoms with van der Waals surface area (Å²) in [5.41, 5.74) is 5.72. The van der Waals surface area contributed by atoms with Gasteiger partial charge < -0.3 is 4.42 Å². The van der Waals surface area contributed by atoms with Crippen molar-refractivity contribution in [2.45, 2.75) is 0 Å². The van der Waals surface area contributed by atoms with Crippen LogP contribution in [0, 0.1) is 0 Å². The molecule has 0 fully saturated rings. The van der Waals surface area contributed by atoms with E-state index in [0.29, 0.717) is 0 Å². The van der Waals surface area contributed by atoms with E-state index in [1.165, 1.54) is 65.2 Å². The predicted molar refractivity (Wildman–Crippen MR) is 175 cm³/mol. The molecule has 0 radical (unpaired) electrons. The fourth-order valence-electron chi connectivity index (χ4n) is 6.76. The van der Waals surface area contributed by atoms with E-state index < -0.39 is 0 Å². The first-order valence-corrected chi connectivity index (χ1v) is 14.1. The standard InChI is InChI=1S/C40H24O/c1-2-11-28-23-37-29(22-27(28)10-1)17-18-34(32-15-7-12-25-8-3-5-13-30(25)32)39(37)38-24-41-40-35-19-16-26-9-4-6-14-31(26)33(35)20-21-36(38)40/h1-24H. The molecule has 0 saturated carbocycles. The van der Waals surface area contributed by atoms with Gasteiger partial charge in [0.05, 0.1) is 6.26 Å². The maximum atomic E-state index is 6.48. The number of furan rings is 1. The Balaban J connectivity index is 1.42. The highest BCUT2D eigenvalue weighted by Gasteiger charge is 2.20. The Morgan fingerprint density at radius 3 is 1.80 bits per heavy atom. The van der Waals surface area contributed by atoms with Crippen molar-refractivity contribution in [3.05, 3.63) is 146 Å². The number of benzene rings is 8. The fraction of sp³-hybridized carbons (Fsp3) is 0. The van der Waals surface area contributed by atoms with Crippen LogP contribution in [0.1, 0.15) is 0 Å². The van der Waals surface area contributed by atoms with Crippen molar-refractivity contribution in [3.63, 3.8) is 0 Å². The van der Waals surface area contributed by atoms with E-state index in [2.05, 4.69) is 140 Å². The molecule has 1 heterocycles. The second-order valence-corrected chi connectivity index (χ2v) is 10.9. The summed E-state index contributed by atoms with van der Waals surface area (Å²) in [7, 11) is 0. The largest absolute Gasteiger partial charge is 0.463 e. The van der Waals surface area contributed by atoms with Crippen molar-refractivity contribution >= 4 is 64.8 Å². The molecule has 0 aliphatic carbocycles. The van der Waals surface area contributed by atoms with Gasteiger partial charge in [0.25, 0.3) is 0 Å². The van der Waals surface area contributed by atoms with Crippen molar-refractivity contribution in [2.75, 3.05) is 0 Å². The average Bonchev–Trinajstić information content (AvgIpc) is 3.47. The van der Waals surface area contributed by atoms with Crippen molar-refractivity contribution in [1.82, 2.24) is 0 Å². The van der Waals surface area contributed by atoms with Crippen molar-refractivity contribution in [2.24, 2.45) is 0 Å². The summed E-state index contributed by atoms with van der Waals surface area (Å²) in [4.78, 5) is 0. The summed E-state index contributed by atoms with van der Waals surface area (Å²) in [6.45, 7) is 0. The van der Waals surface area contributed by atoms with Gasteiger partial charge in [-0.2, -0.15) is 0 Å². The predicted octanol–water partition coefficient (Wildman–Crippen LogP) is 11.5. The Morgan fingerprint density at radius 2 is 0.951 bits per heavy atom. The van der Waals surface area contributed by atoms with Crippen LogP contribution in [0.25, 0.3) is 87.1 Å². The molecule has 0 bridgehead atoms. The number of fused-ring (bicyclic) bond motifs is 8. The third kappa shape index (κ3) is 3.30. The first-order valence-electron chi connectivity index (χ1n) is 14.1. The minimum atomic E-state index is 0.935. The topological polar surface area (TPSA) is 13.1 Å². The fourth-order valence-corrected chi connectivity index (χ4v) is 6.76. The maximum absolute atomic E-state index is 6.48. The zero-order chi connectivity index (χ0) is 26.9. The molecule has 0 aliphatic heterocycles. The second kappa shape index (κ2) is 8.55. The molecule has 9 aromatic rings. The SMILES string of the molecule is c1ccc2cc3c(-c4coc5c4ccc4c6ccccc6ccc45)c(-c4cccc5ccccc45)ccc3cc2c1. The zero-order valence-corrected chi connectivity index (χ0v) is 22.3. The Labute approximate surface area is 236 Å². The molecule has 0 atom stereocenters. The van der Waals surface area contributed by atoms with Gasteiger partial charge >= 0.3 is 0 Å². The minimum Gasteiger partial charge on any atom is -0.463 e. The summed E-state index contributed by atoms with van der Waals surface area (Å²) in [6, 6.07) is 50.6. The van der Waals surface area contributed by atoms with Gasteiger partial charge in [-0.3, -0.25) is 0 Å². The first kappa shape index (κ1) is 22.4. The smallest absolute Gasteiger partial charge is 0.142 e. The van der Waals surface area contributed by atoms with Gasteiger partial charge in [-0.1, -0.05) is 115 Å². The lowest BCUT2D eigenvalue weighted by atomic mass is 9.86. The van der Waals surface area contributed by atoms with Crippen LogP contribution in [0.2, 0.25) is 0 Å². The lowest BCUT2D eigenvalue weighted by Gasteiger charge is -2.16. The van der Waals surface area contributed by atoms with Crippen LogP contribution in [0.5, 0.6) is 0 Å². The maximum Gasteiger partial charge on any atom is 0.142 e. The zero-order valence-electron chi connectivity index (χ0n) is 22.3. The van der Waals surface area contributed by atoms with E-state index >= 15 is 0 Å². The Morgan fingerprint density at radius 1 is 0.317 bits per heavy atom. The molecular formula is C40H24O. The van der Waals surface area contributed by atoms with Gasteiger partial charge in [0.2, 0.25) is 0 Å². The van der Waals surface area contributed by atoms with Crippen molar-refractivity contribution in [1.29, 1.82) is 0 Å². The molecule has 1 aromatic heterocycles. The summed E-state index contributed by atoms with van der Waals surface area (Å²) in [6.07, 6.45) is 1.97. The molecule has 41 heavy (non-hydrogen) atoms. The van der Waals surface area contributed by atoms with E-state index in [0.717, 1.165) is 21.9 Å². The summed E-state index contributed by atoms with van der Waals surface area (Å²) >= 11 is 0. The molecule has 0 spiro atoms. The van der Waals surface area contributed by atoms with Crippen molar-refractivity contribution < 1.29 is 4.42 Å². The third-order valence-electron chi connectivity index (χ3n) is 8.70. The summed E-state index contributed by atoms with van der Waals surface area (Å²) < 4.78 is 6.48. The third-order valence-corrected chi connectivity index (χ3v) is 8.70. The van der Waals surface area contributed by atoms with Crippen LogP contribution in [-0.4, -0.2) is 0 Å². The van der Waals surface area contributed by atoms with Gasteiger partial charge in [0.15, 0.2) is 0 Å². The van der Waals surface area contributed by atoms with E-state index in [-0.39, 0.29) is 0 Å². The van der Waals surface area contributed by atoms with Gasteiger partial charge in [-0.05, 0) is 83.9 Å². The van der Waals surface area contributed by atoms with E-state index in [1.807, 2.05) is 6.26 Å². The van der Waals surface area contributed by atoms with Crippen LogP contribution < -0.4 is 0 Å². The minimum absolute atomic E-state index is 0.935. The average molecular weight is 521 g/mol. The molecule has 190 valence electrons. The van der Waals surface area contributed by atoms with Crippen LogP contribution >= 0.6 is 0 Å². The molecule has 1 nitrogen and oxygen atoms in total. The van der Waals surface area contributed by atoms with E-state index in [1.54, 1.807) is 0 Å². The number of rotatable bonds is 2. The highest BCUT2D eigenvalue weighted by molar-refractivity contribution is 6.21. The van der Waals surface area contributed by atoms with E-state index in [9.17, 15) is 0 Å². The van der Waals surface area contributed by atoms with Crippen LogP contribution in [0.4, 0.5) is 0 Å². The Bertz CT molecular complexity index is 2470. The molecule has 1 heteroatoms. The quantitative estimate of drug-likeness (QED) is 0.163. The Hall–Kier alpha value is -5.40. The lowest BCUT2D eigenvalue weighted by molar-refractivity contribution is 0.620. The molecule has 0 unspecified atom stereocenters. The van der Waals surface area contributed by atoms with Gasteiger partial charge in [-0.25, -0.2) is 0 Å². The number of hydrogen-bond acceptors (Lipinski definition) is 1. The van der Waals surface area contributed by atoms with E-state index in [4.69, 9.17) is 4.42 Å². The molecule has 0 saturated heterocycles. The van der Waals surface area contributed by atoms with Crippen molar-refractivity contribution in [3.8, 4) is 22.3 Å². The normalized spacial score (nSPS) is 11.9. The highest BCUT2D eigenvalue weighted by atomic mass is 16.3. The van der Waals surface area contributed by atoms with Crippen LogP contribution in [-0.2, 0) is 0 Å². The molecule has 0 N–H and O–H groups in total. The van der Waals surface area contributed by atoms with Crippen LogP contribution in [0.15, 0.2) is 150 Å². The van der Waals surface area contributed by atoms with Gasteiger partial charge in [0, 0.05) is 21.9 Å². The molecular weight excluding hydrogens is 496 g/mol. The monoisotopic (exact) mass is 520 g/mol. The van der Waals surface area contributed by atoms with Gasteiger partial charge in [-0.15, -0.1) is 0 Å². The molecule has 0 amide bonds. The first-order chi connectivity index (χ1) is 20.3. The van der Waals surface area contributed by atoms with Gasteiger partial charge in [0.1, 0.15) is 5.58 Å². The Kier molecular flexibility index (Phi) is 4.67. The highest BCUT2D eigenvalue weighted by Crippen LogP contribution is 2.46. The molecule has 0 aliphatic rings. The number of hydrogen-bond donors (Lipinski definition) is 0.